The Morgan fingerprint density at radius 2 is 2.55 bits per heavy atom. The van der Waals surface area contributed by atoms with Crippen LogP contribution in [0.2, 0.25) is 0 Å². The molecule has 1 aromatic rings. The maximum atomic E-state index is 10.6. The van der Waals surface area contributed by atoms with Crippen LogP contribution < -0.4 is 11.5 Å². The molecule has 1 amide bonds. The molecule has 5 heteroatoms. The van der Waals surface area contributed by atoms with E-state index in [-0.39, 0.29) is 0 Å². The lowest BCUT2D eigenvalue weighted by molar-refractivity contribution is -0.366. The Labute approximate surface area is 68.2 Å². The van der Waals surface area contributed by atoms with Crippen LogP contribution in [0.25, 0.3) is 0 Å². The van der Waals surface area contributed by atoms with E-state index in [9.17, 15) is 4.79 Å². The van der Waals surface area contributed by atoms with Gasteiger partial charge in [-0.1, -0.05) is 0 Å². The molecule has 60 valence electrons. The van der Waals surface area contributed by atoms with Crippen molar-refractivity contribution in [2.24, 2.45) is 5.73 Å². The average Bonchev–Trinajstić information content (AvgIpc) is 2.37. The van der Waals surface area contributed by atoms with E-state index in [1.54, 1.807) is 5.38 Å². The van der Waals surface area contributed by atoms with Gasteiger partial charge in [0.05, 0.1) is 11.6 Å². The van der Waals surface area contributed by atoms with E-state index in [1.807, 2.05) is 0 Å². The summed E-state index contributed by atoms with van der Waals surface area (Å²) < 4.78 is 0. The van der Waals surface area contributed by atoms with Crippen molar-refractivity contribution < 1.29 is 10.5 Å². The van der Waals surface area contributed by atoms with Crippen LogP contribution in [0.3, 0.4) is 0 Å². The lowest BCUT2D eigenvalue weighted by atomic mass is 10.4. The van der Waals surface area contributed by atoms with E-state index >= 15 is 0 Å². The molecule has 1 rings (SSSR count). The molecule has 4 nitrogen and oxygen atoms in total. The molecule has 0 fully saturated rings. The number of aromatic nitrogens is 1. The monoisotopic (exact) mass is 172 g/mol. The summed E-state index contributed by atoms with van der Waals surface area (Å²) in [6, 6.07) is 0. The normalized spacial score (nSPS) is 9.91. The van der Waals surface area contributed by atoms with Gasteiger partial charge in [0.1, 0.15) is 5.69 Å². The number of nitrogens with zero attached hydrogens (tertiary/aromatic N) is 1. The highest BCUT2D eigenvalue weighted by atomic mass is 32.1. The number of quaternary nitrogens is 1. The molecular formula is C6H10N3OS+. The number of carbonyl (C=O) groups is 1. The first kappa shape index (κ1) is 8.16. The number of rotatable bonds is 3. The Morgan fingerprint density at radius 1 is 1.82 bits per heavy atom. The van der Waals surface area contributed by atoms with E-state index in [2.05, 4.69) is 10.7 Å². The fourth-order valence-corrected chi connectivity index (χ4v) is 1.52. The molecular weight excluding hydrogens is 162 g/mol. The van der Waals surface area contributed by atoms with Crippen LogP contribution in [0, 0.1) is 0 Å². The third-order valence-corrected chi connectivity index (χ3v) is 2.10. The third-order valence-electron chi connectivity index (χ3n) is 1.19. The van der Waals surface area contributed by atoms with Crippen LogP contribution >= 0.6 is 11.3 Å². The van der Waals surface area contributed by atoms with Gasteiger partial charge in [-0.25, -0.2) is 4.98 Å². The quantitative estimate of drug-likeness (QED) is 0.614. The van der Waals surface area contributed by atoms with Gasteiger partial charge in [-0.15, -0.1) is 11.3 Å². The maximum Gasteiger partial charge on any atom is 0.268 e. The second-order valence-electron chi connectivity index (χ2n) is 2.09. The summed E-state index contributed by atoms with van der Waals surface area (Å²) >= 11 is 1.45. The molecule has 0 saturated heterocycles. The van der Waals surface area contributed by atoms with Gasteiger partial charge >= 0.3 is 0 Å². The third kappa shape index (κ3) is 1.99. The molecule has 0 radical (unpaired) electrons. The van der Waals surface area contributed by atoms with Crippen molar-refractivity contribution in [3.8, 4) is 0 Å². The molecule has 1 aromatic heterocycles. The van der Waals surface area contributed by atoms with Gasteiger partial charge in [0.15, 0.2) is 0 Å². The summed E-state index contributed by atoms with van der Waals surface area (Å²) in [5.41, 5.74) is 9.06. The molecule has 0 bridgehead atoms. The second kappa shape index (κ2) is 3.45. The molecule has 0 saturated carbocycles. The maximum absolute atomic E-state index is 10.6. The summed E-state index contributed by atoms with van der Waals surface area (Å²) in [5, 5.41) is 2.60. The fourth-order valence-electron chi connectivity index (χ4n) is 0.690. The van der Waals surface area contributed by atoms with Gasteiger partial charge in [-0.3, -0.25) is 4.79 Å². The van der Waals surface area contributed by atoms with Gasteiger partial charge in [0.2, 0.25) is 0 Å². The SMILES string of the molecule is NC(=O)c1csc(CC[NH3+])n1. The zero-order valence-corrected chi connectivity index (χ0v) is 6.86. The standard InChI is InChI=1S/C6H9N3OS/c7-2-1-5-9-4(3-11-5)6(8)10/h3H,1-2,7H2,(H2,8,10)/p+1. The predicted octanol–water partition coefficient (Wildman–Crippen LogP) is -0.974. The number of thiazole rings is 1. The van der Waals surface area contributed by atoms with E-state index in [0.717, 1.165) is 18.0 Å². The fraction of sp³-hybridized carbons (Fsp3) is 0.333. The molecule has 0 aliphatic carbocycles. The van der Waals surface area contributed by atoms with Gasteiger partial charge < -0.3 is 11.5 Å². The van der Waals surface area contributed by atoms with Crippen LogP contribution in [0.1, 0.15) is 15.5 Å². The van der Waals surface area contributed by atoms with Crippen LogP contribution in [-0.2, 0) is 6.42 Å². The number of hydrogen-bond acceptors (Lipinski definition) is 3. The van der Waals surface area contributed by atoms with Crippen molar-refractivity contribution in [2.45, 2.75) is 6.42 Å². The molecule has 0 aliphatic rings. The van der Waals surface area contributed by atoms with Crippen molar-refractivity contribution in [3.05, 3.63) is 16.1 Å². The minimum Gasteiger partial charge on any atom is -0.364 e. The van der Waals surface area contributed by atoms with Crippen LogP contribution in [0.4, 0.5) is 0 Å². The van der Waals surface area contributed by atoms with Crippen LogP contribution in [0.5, 0.6) is 0 Å². The van der Waals surface area contributed by atoms with Crippen molar-refractivity contribution >= 4 is 17.2 Å². The van der Waals surface area contributed by atoms with Gasteiger partial charge in [0.25, 0.3) is 5.91 Å². The summed E-state index contributed by atoms with van der Waals surface area (Å²) in [6.45, 7) is 0.797. The molecule has 5 N–H and O–H groups in total. The summed E-state index contributed by atoms with van der Waals surface area (Å²) in [7, 11) is 0. The first-order chi connectivity index (χ1) is 5.24. The number of nitrogens with two attached hydrogens (primary N) is 1. The Morgan fingerprint density at radius 3 is 3.00 bits per heavy atom. The van der Waals surface area contributed by atoms with E-state index in [1.165, 1.54) is 11.3 Å². The highest BCUT2D eigenvalue weighted by molar-refractivity contribution is 7.09. The molecule has 11 heavy (non-hydrogen) atoms. The van der Waals surface area contributed by atoms with Crippen molar-refractivity contribution in [1.29, 1.82) is 0 Å². The summed E-state index contributed by atoms with van der Waals surface area (Å²) in [4.78, 5) is 14.6. The largest absolute Gasteiger partial charge is 0.364 e. The Bertz CT molecular complexity index is 258. The Hall–Kier alpha value is -0.940. The minimum atomic E-state index is -0.462. The Kier molecular flexibility index (Phi) is 2.56. The van der Waals surface area contributed by atoms with Gasteiger partial charge in [-0.05, 0) is 0 Å². The molecule has 0 unspecified atom stereocenters. The van der Waals surface area contributed by atoms with Crippen molar-refractivity contribution in [1.82, 2.24) is 4.98 Å². The highest BCUT2D eigenvalue weighted by Crippen LogP contribution is 2.08. The number of amides is 1. The van der Waals surface area contributed by atoms with E-state index in [4.69, 9.17) is 5.73 Å². The molecule has 0 aromatic carbocycles. The van der Waals surface area contributed by atoms with Crippen molar-refractivity contribution in [3.63, 3.8) is 0 Å². The summed E-state index contributed by atoms with van der Waals surface area (Å²) in [6.07, 6.45) is 0.817. The van der Waals surface area contributed by atoms with Gasteiger partial charge in [0, 0.05) is 11.8 Å². The topological polar surface area (TPSA) is 83.6 Å². The van der Waals surface area contributed by atoms with Crippen LogP contribution in [-0.4, -0.2) is 17.4 Å². The molecule has 1 heterocycles. The predicted molar refractivity (Wildman–Crippen MR) is 42.1 cm³/mol. The number of hydrogen-bond donors (Lipinski definition) is 2. The minimum absolute atomic E-state index is 0.360. The lowest BCUT2D eigenvalue weighted by Gasteiger charge is -1.85. The summed E-state index contributed by atoms with van der Waals surface area (Å²) in [5.74, 6) is -0.462. The lowest BCUT2D eigenvalue weighted by Crippen LogP contribution is -2.51. The smallest absolute Gasteiger partial charge is 0.268 e. The molecule has 0 aliphatic heterocycles. The van der Waals surface area contributed by atoms with Crippen molar-refractivity contribution in [2.75, 3.05) is 6.54 Å². The Balaban J connectivity index is 2.73. The number of primary amides is 1. The van der Waals surface area contributed by atoms with E-state index < -0.39 is 5.91 Å². The average molecular weight is 172 g/mol. The van der Waals surface area contributed by atoms with E-state index in [0.29, 0.717) is 5.69 Å². The molecule has 0 spiro atoms. The zero-order valence-electron chi connectivity index (χ0n) is 6.04. The second-order valence-corrected chi connectivity index (χ2v) is 3.04. The first-order valence-corrected chi connectivity index (χ1v) is 4.15. The van der Waals surface area contributed by atoms with Gasteiger partial charge in [-0.2, -0.15) is 0 Å². The zero-order chi connectivity index (χ0) is 8.27. The molecule has 0 atom stereocenters. The number of carbonyl (C=O) groups excluding carboxylic acids is 1. The van der Waals surface area contributed by atoms with Crippen LogP contribution in [0.15, 0.2) is 5.38 Å². The first-order valence-electron chi connectivity index (χ1n) is 3.27. The highest BCUT2D eigenvalue weighted by Gasteiger charge is 2.05.